The number of hydrogen-bond donors (Lipinski definition) is 2. The van der Waals surface area contributed by atoms with Crippen LogP contribution in [0.3, 0.4) is 0 Å². The number of carboxylic acids is 1. The molecule has 0 aliphatic rings. The second-order valence-corrected chi connectivity index (χ2v) is 8.33. The Kier molecular flexibility index (Phi) is 5.75. The van der Waals surface area contributed by atoms with Gasteiger partial charge in [0.05, 0.1) is 21.6 Å². The summed E-state index contributed by atoms with van der Waals surface area (Å²) in [6.45, 7) is -0.335. The van der Waals surface area contributed by atoms with Gasteiger partial charge >= 0.3 is 0 Å². The number of nitrogens with zero attached hydrogens (tertiary/aromatic N) is 4. The van der Waals surface area contributed by atoms with Crippen molar-refractivity contribution in [2.24, 2.45) is 7.05 Å². The van der Waals surface area contributed by atoms with Crippen molar-refractivity contribution in [3.63, 3.8) is 0 Å². The molecule has 0 saturated heterocycles. The third-order valence-corrected chi connectivity index (χ3v) is 5.79. The molecule has 2 heterocycles. The second kappa shape index (κ2) is 8.11. The van der Waals surface area contributed by atoms with Gasteiger partial charge in [0.25, 0.3) is 15.9 Å². The van der Waals surface area contributed by atoms with Crippen molar-refractivity contribution in [3.8, 4) is 0 Å². The highest BCUT2D eigenvalue weighted by Crippen LogP contribution is 2.27. The van der Waals surface area contributed by atoms with Crippen LogP contribution in [0.15, 0.2) is 34.9 Å². The molecule has 0 bridgehead atoms. The van der Waals surface area contributed by atoms with E-state index in [1.807, 2.05) is 10.0 Å². The van der Waals surface area contributed by atoms with Crippen LogP contribution in [0, 0.1) is 11.6 Å². The van der Waals surface area contributed by atoms with Gasteiger partial charge in [-0.05, 0) is 12.1 Å². The summed E-state index contributed by atoms with van der Waals surface area (Å²) >= 11 is 0.645. The van der Waals surface area contributed by atoms with Crippen molar-refractivity contribution in [2.45, 2.75) is 11.4 Å². The zero-order valence-corrected chi connectivity index (χ0v) is 16.6. The minimum Gasteiger partial charge on any atom is -0.543 e. The quantitative estimate of drug-likeness (QED) is 0.442. The number of carboxylic acid groups (broad SMARTS) is 1. The van der Waals surface area contributed by atoms with Crippen LogP contribution in [0.25, 0.3) is 0 Å². The summed E-state index contributed by atoms with van der Waals surface area (Å²) in [5.74, 6) is -5.22. The average molecular weight is 458 g/mol. The van der Waals surface area contributed by atoms with Crippen molar-refractivity contribution in [2.75, 3.05) is 10.0 Å². The standard InChI is InChI=1S/C15H12F2N6O5S2/c1-22-2-3-23(21-22)6-11(24)19-12-9(16)4-8(5-10(12)17)30(27,28)20-14-13(15(25)26)18-7-29-14/h2-5,7,20H,6H2,1H3,(H-,19,24,25,26). The first kappa shape index (κ1) is 21.3. The Morgan fingerprint density at radius 3 is 2.53 bits per heavy atom. The van der Waals surface area contributed by atoms with Crippen molar-refractivity contribution in [1.29, 1.82) is 0 Å². The first-order valence-corrected chi connectivity index (χ1v) is 10.3. The maximum atomic E-state index is 14.3. The van der Waals surface area contributed by atoms with Gasteiger partial charge < -0.3 is 15.2 Å². The lowest BCUT2D eigenvalue weighted by molar-refractivity contribution is -0.732. The highest BCUT2D eigenvalue weighted by molar-refractivity contribution is 7.93. The fourth-order valence-electron chi connectivity index (χ4n) is 2.29. The Balaban J connectivity index is 1.81. The lowest BCUT2D eigenvalue weighted by atomic mass is 10.3. The van der Waals surface area contributed by atoms with E-state index in [9.17, 15) is 31.9 Å². The maximum absolute atomic E-state index is 14.3. The van der Waals surface area contributed by atoms with Gasteiger partial charge in [0.1, 0.15) is 23.4 Å². The molecule has 3 rings (SSSR count). The minimum absolute atomic E-state index is 0.335. The SMILES string of the molecule is C[n+]1ccn(CC(=O)Nc2c(F)cc(S(=O)(=O)Nc3scnc3C(=O)[O-])cc2F)n1. The molecular formula is C15H12F2N6O5S2. The number of carbonyl (C=O) groups is 2. The van der Waals surface area contributed by atoms with Crippen LogP contribution in [0.1, 0.15) is 10.5 Å². The molecule has 2 N–H and O–H groups in total. The van der Waals surface area contributed by atoms with E-state index in [1.165, 1.54) is 15.6 Å². The van der Waals surface area contributed by atoms with Gasteiger partial charge in [0.2, 0.25) is 0 Å². The monoisotopic (exact) mass is 458 g/mol. The predicted molar refractivity (Wildman–Crippen MR) is 95.6 cm³/mol. The Bertz CT molecular complexity index is 1220. The molecule has 0 radical (unpaired) electrons. The highest BCUT2D eigenvalue weighted by atomic mass is 32.2. The molecule has 0 aliphatic carbocycles. The van der Waals surface area contributed by atoms with Gasteiger partial charge in [0, 0.05) is 0 Å². The number of sulfonamides is 1. The van der Waals surface area contributed by atoms with Crippen LogP contribution in [-0.4, -0.2) is 35.2 Å². The summed E-state index contributed by atoms with van der Waals surface area (Å²) in [6.07, 6.45) is 3.02. The van der Waals surface area contributed by atoms with Crippen molar-refractivity contribution >= 4 is 43.9 Å². The third-order valence-electron chi connectivity index (χ3n) is 3.59. The largest absolute Gasteiger partial charge is 0.543 e. The summed E-state index contributed by atoms with van der Waals surface area (Å²) in [6, 6.07) is 0.962. The molecule has 0 unspecified atom stereocenters. The zero-order chi connectivity index (χ0) is 22.1. The fraction of sp³-hybridized carbons (Fsp3) is 0.133. The van der Waals surface area contributed by atoms with E-state index >= 15 is 0 Å². The smallest absolute Gasteiger partial charge is 0.268 e. The lowest BCUT2D eigenvalue weighted by Gasteiger charge is -2.11. The number of carbonyl (C=O) groups excluding carboxylic acids is 2. The molecule has 11 nitrogen and oxygen atoms in total. The number of aryl methyl sites for hydroxylation is 1. The molecular weight excluding hydrogens is 446 g/mol. The number of thiazole rings is 1. The highest BCUT2D eigenvalue weighted by Gasteiger charge is 2.23. The molecule has 3 aromatic rings. The van der Waals surface area contributed by atoms with Crippen molar-refractivity contribution < 1.29 is 36.6 Å². The molecule has 158 valence electrons. The number of aromatic nitrogens is 4. The summed E-state index contributed by atoms with van der Waals surface area (Å²) in [4.78, 5) is 25.5. The van der Waals surface area contributed by atoms with Gasteiger partial charge in [0.15, 0.2) is 30.6 Å². The number of amides is 1. The third kappa shape index (κ3) is 4.57. The number of nitrogens with one attached hydrogen (secondary N) is 2. The summed E-state index contributed by atoms with van der Waals surface area (Å²) in [5.41, 5.74) is -0.452. The predicted octanol–water partition coefficient (Wildman–Crippen LogP) is -0.755. The molecule has 0 spiro atoms. The zero-order valence-electron chi connectivity index (χ0n) is 15.0. The second-order valence-electron chi connectivity index (χ2n) is 5.79. The van der Waals surface area contributed by atoms with Crippen molar-refractivity contribution in [1.82, 2.24) is 14.9 Å². The molecule has 0 atom stereocenters. The normalized spacial score (nSPS) is 11.3. The number of aromatic carboxylic acids is 1. The number of anilines is 2. The Morgan fingerprint density at radius 1 is 1.30 bits per heavy atom. The Morgan fingerprint density at radius 2 is 1.97 bits per heavy atom. The Labute approximate surface area is 171 Å². The van der Waals surface area contributed by atoms with Crippen LogP contribution in [-0.2, 0) is 28.4 Å². The van der Waals surface area contributed by atoms with E-state index in [-0.39, 0.29) is 11.5 Å². The average Bonchev–Trinajstić information content (AvgIpc) is 3.26. The molecule has 30 heavy (non-hydrogen) atoms. The molecule has 2 aromatic heterocycles. The van der Waals surface area contributed by atoms with Gasteiger partial charge in [-0.1, -0.05) is 0 Å². The van der Waals surface area contributed by atoms with E-state index in [4.69, 9.17) is 0 Å². The maximum Gasteiger partial charge on any atom is 0.268 e. The Hall–Kier alpha value is -3.46. The van der Waals surface area contributed by atoms with E-state index in [2.05, 4.69) is 10.2 Å². The topological polar surface area (TPSA) is 150 Å². The molecule has 1 amide bonds. The van der Waals surface area contributed by atoms with E-state index < -0.39 is 49.8 Å². The molecule has 0 saturated carbocycles. The summed E-state index contributed by atoms with van der Waals surface area (Å²) in [7, 11) is -2.94. The number of benzene rings is 1. The first-order valence-electron chi connectivity index (χ1n) is 7.92. The lowest BCUT2D eigenvalue weighted by Crippen LogP contribution is -2.31. The van der Waals surface area contributed by atoms with Crippen LogP contribution in [0.5, 0.6) is 0 Å². The van der Waals surface area contributed by atoms with Crippen LogP contribution in [0.4, 0.5) is 19.5 Å². The van der Waals surface area contributed by atoms with Crippen LogP contribution in [0.2, 0.25) is 0 Å². The molecule has 15 heteroatoms. The molecule has 1 aromatic carbocycles. The van der Waals surface area contributed by atoms with E-state index in [0.29, 0.717) is 23.5 Å². The van der Waals surface area contributed by atoms with Gasteiger partial charge in [-0.25, -0.2) is 22.2 Å². The number of rotatable bonds is 7. The van der Waals surface area contributed by atoms with E-state index in [1.54, 1.807) is 13.2 Å². The minimum atomic E-state index is -4.56. The fourth-order valence-corrected chi connectivity index (χ4v) is 4.30. The van der Waals surface area contributed by atoms with Crippen LogP contribution < -0.4 is 19.8 Å². The van der Waals surface area contributed by atoms with E-state index in [0.717, 1.165) is 5.51 Å². The van der Waals surface area contributed by atoms with Gasteiger partial charge in [-0.3, -0.25) is 9.52 Å². The number of hydrogen-bond acceptors (Lipinski definition) is 8. The summed E-state index contributed by atoms with van der Waals surface area (Å²) in [5, 5.41) is 16.4. The van der Waals surface area contributed by atoms with Gasteiger partial charge in [-0.2, -0.15) is 0 Å². The first-order chi connectivity index (χ1) is 14.1. The molecule has 0 aliphatic heterocycles. The van der Waals surface area contributed by atoms with Gasteiger partial charge in [-0.15, -0.1) is 20.7 Å². The van der Waals surface area contributed by atoms with Crippen LogP contribution >= 0.6 is 11.3 Å². The van der Waals surface area contributed by atoms with Crippen molar-refractivity contribution in [3.05, 3.63) is 47.4 Å². The number of halogens is 2. The summed E-state index contributed by atoms with van der Waals surface area (Å²) < 4.78 is 58.0. The molecule has 0 fully saturated rings.